The average molecular weight is 390 g/mol. The number of nitrogens with zero attached hydrogens (tertiary/aromatic N) is 2. The first kappa shape index (κ1) is 19.3. The van der Waals surface area contributed by atoms with Crippen LogP contribution in [0.5, 0.6) is 0 Å². The van der Waals surface area contributed by atoms with Crippen molar-refractivity contribution in [3.8, 4) is 0 Å². The van der Waals surface area contributed by atoms with E-state index in [-0.39, 0.29) is 11.8 Å². The third-order valence-corrected chi connectivity index (χ3v) is 5.68. The Hall–Kier alpha value is -2.99. The lowest BCUT2D eigenvalue weighted by atomic mass is 9.98. The molecule has 29 heavy (non-hydrogen) atoms. The smallest absolute Gasteiger partial charge is 0.272 e. The van der Waals surface area contributed by atoms with Crippen LogP contribution in [-0.2, 0) is 9.59 Å². The Bertz CT molecular complexity index is 957. The lowest BCUT2D eigenvalue weighted by Gasteiger charge is -2.36. The monoisotopic (exact) mass is 390 g/mol. The van der Waals surface area contributed by atoms with E-state index < -0.39 is 5.66 Å². The Labute approximate surface area is 171 Å². The number of carbonyl (C=O) groups is 2. The van der Waals surface area contributed by atoms with Gasteiger partial charge in [0.1, 0.15) is 11.4 Å². The number of amides is 2. The summed E-state index contributed by atoms with van der Waals surface area (Å²) in [7, 11) is 0. The molecule has 6 nitrogen and oxygen atoms in total. The van der Waals surface area contributed by atoms with Crippen LogP contribution >= 0.6 is 0 Å². The molecule has 2 aliphatic rings. The molecular formula is C23H26N4O2. The van der Waals surface area contributed by atoms with Crippen LogP contribution in [0.3, 0.4) is 0 Å². The molecular weight excluding hydrogens is 364 g/mol. The first-order valence-electron chi connectivity index (χ1n) is 10.0. The molecule has 2 heterocycles. The highest BCUT2D eigenvalue weighted by Gasteiger charge is 2.42. The number of hydrogen-bond donors (Lipinski definition) is 2. The summed E-state index contributed by atoms with van der Waals surface area (Å²) in [4.78, 5) is 31.8. The van der Waals surface area contributed by atoms with Crippen LogP contribution in [0.15, 0.2) is 53.5 Å². The van der Waals surface area contributed by atoms with Gasteiger partial charge in [0.15, 0.2) is 0 Å². The van der Waals surface area contributed by atoms with Gasteiger partial charge in [-0.05, 0) is 25.5 Å². The standard InChI is InChI=1S/C23H26N4O2/c1-16-7-9-18(10-8-16)21-22(29)26-23(25-21)11-13-27(14-12-23)15-20(28)24-19-6-4-3-5-17(19)2/h3-10H,11-15H2,1-2H3,(H,24,28)(H,26,29). The van der Waals surface area contributed by atoms with E-state index in [4.69, 9.17) is 4.99 Å². The van der Waals surface area contributed by atoms with Crippen molar-refractivity contribution in [1.82, 2.24) is 10.2 Å². The van der Waals surface area contributed by atoms with Gasteiger partial charge >= 0.3 is 0 Å². The molecule has 0 aromatic heterocycles. The first-order valence-corrected chi connectivity index (χ1v) is 10.0. The van der Waals surface area contributed by atoms with Gasteiger partial charge in [0.25, 0.3) is 5.91 Å². The number of nitrogens with one attached hydrogen (secondary N) is 2. The summed E-state index contributed by atoms with van der Waals surface area (Å²) in [5.74, 6) is -0.130. The zero-order valence-electron chi connectivity index (χ0n) is 16.9. The maximum Gasteiger partial charge on any atom is 0.272 e. The molecule has 2 aromatic carbocycles. The molecule has 4 rings (SSSR count). The van der Waals surface area contributed by atoms with Gasteiger partial charge in [0, 0.05) is 37.2 Å². The fourth-order valence-corrected chi connectivity index (χ4v) is 3.89. The average Bonchev–Trinajstić information content (AvgIpc) is 3.02. The highest BCUT2D eigenvalue weighted by molar-refractivity contribution is 6.46. The number of rotatable bonds is 4. The van der Waals surface area contributed by atoms with Crippen LogP contribution in [0, 0.1) is 13.8 Å². The minimum Gasteiger partial charge on any atom is -0.326 e. The Morgan fingerprint density at radius 1 is 1.10 bits per heavy atom. The molecule has 2 aromatic rings. The number of hydrogen-bond acceptors (Lipinski definition) is 4. The van der Waals surface area contributed by atoms with Gasteiger partial charge in [-0.1, -0.05) is 48.0 Å². The number of likely N-dealkylation sites (tertiary alicyclic amines) is 1. The molecule has 6 heteroatoms. The van der Waals surface area contributed by atoms with Gasteiger partial charge in [-0.2, -0.15) is 0 Å². The Kier molecular flexibility index (Phi) is 5.20. The molecule has 0 saturated carbocycles. The Balaban J connectivity index is 1.36. The highest BCUT2D eigenvalue weighted by Crippen LogP contribution is 2.29. The van der Waals surface area contributed by atoms with Crippen LogP contribution in [0.25, 0.3) is 0 Å². The van der Waals surface area contributed by atoms with E-state index in [2.05, 4.69) is 15.5 Å². The number of benzene rings is 2. The summed E-state index contributed by atoms with van der Waals surface area (Å²) in [6.45, 7) is 5.77. The van der Waals surface area contributed by atoms with Gasteiger partial charge in [0.2, 0.25) is 5.91 Å². The van der Waals surface area contributed by atoms with Gasteiger partial charge in [-0.3, -0.25) is 19.5 Å². The lowest BCUT2D eigenvalue weighted by molar-refractivity contribution is -0.119. The molecule has 1 fully saturated rings. The summed E-state index contributed by atoms with van der Waals surface area (Å²) in [6, 6.07) is 15.6. The van der Waals surface area contributed by atoms with Crippen LogP contribution in [0.1, 0.15) is 29.5 Å². The summed E-state index contributed by atoms with van der Waals surface area (Å²) >= 11 is 0. The highest BCUT2D eigenvalue weighted by atomic mass is 16.2. The second-order valence-electron chi connectivity index (χ2n) is 7.95. The number of anilines is 1. The van der Waals surface area contributed by atoms with E-state index in [0.717, 1.165) is 22.4 Å². The normalized spacial score (nSPS) is 18.4. The predicted molar refractivity (Wildman–Crippen MR) is 114 cm³/mol. The van der Waals surface area contributed by atoms with E-state index in [9.17, 15) is 9.59 Å². The SMILES string of the molecule is Cc1ccc(C2=NC3(CCN(CC(=O)Nc4ccccc4C)CC3)NC2=O)cc1. The summed E-state index contributed by atoms with van der Waals surface area (Å²) < 4.78 is 0. The maximum absolute atomic E-state index is 12.5. The van der Waals surface area contributed by atoms with Gasteiger partial charge in [-0.15, -0.1) is 0 Å². The summed E-state index contributed by atoms with van der Waals surface area (Å²) in [6.07, 6.45) is 1.40. The first-order chi connectivity index (χ1) is 13.9. The predicted octanol–water partition coefficient (Wildman–Crippen LogP) is 2.65. The van der Waals surface area contributed by atoms with Gasteiger partial charge < -0.3 is 10.6 Å². The van der Waals surface area contributed by atoms with Crippen LogP contribution < -0.4 is 10.6 Å². The van der Waals surface area contributed by atoms with Crippen LogP contribution in [-0.4, -0.2) is 47.7 Å². The van der Waals surface area contributed by atoms with Crippen LogP contribution in [0.2, 0.25) is 0 Å². The van der Waals surface area contributed by atoms with Crippen molar-refractivity contribution in [3.63, 3.8) is 0 Å². The number of aliphatic imine (C=N–C) groups is 1. The number of aryl methyl sites for hydroxylation is 2. The van der Waals surface area contributed by atoms with Crippen LogP contribution in [0.4, 0.5) is 5.69 Å². The molecule has 150 valence electrons. The molecule has 2 N–H and O–H groups in total. The second-order valence-corrected chi connectivity index (χ2v) is 7.95. The van der Waals surface area contributed by atoms with E-state index in [1.165, 1.54) is 0 Å². The van der Waals surface area contributed by atoms with Crippen molar-refractivity contribution in [2.24, 2.45) is 4.99 Å². The fourth-order valence-electron chi connectivity index (χ4n) is 3.89. The Morgan fingerprint density at radius 3 is 2.48 bits per heavy atom. The maximum atomic E-state index is 12.5. The minimum absolute atomic E-state index is 0.0189. The van der Waals surface area contributed by atoms with Gasteiger partial charge in [-0.25, -0.2) is 0 Å². The largest absolute Gasteiger partial charge is 0.326 e. The van der Waals surface area contributed by atoms with E-state index >= 15 is 0 Å². The van der Waals surface area contributed by atoms with Crippen molar-refractivity contribution in [1.29, 1.82) is 0 Å². The molecule has 0 bridgehead atoms. The molecule has 0 atom stereocenters. The molecule has 1 saturated heterocycles. The molecule has 2 aliphatic heterocycles. The molecule has 1 spiro atoms. The zero-order chi connectivity index (χ0) is 20.4. The second kappa shape index (κ2) is 7.79. The number of piperidine rings is 1. The van der Waals surface area contributed by atoms with E-state index in [1.807, 2.05) is 62.4 Å². The number of para-hydroxylation sites is 1. The minimum atomic E-state index is -0.541. The van der Waals surface area contributed by atoms with Crippen molar-refractivity contribution >= 4 is 23.2 Å². The third kappa shape index (κ3) is 4.22. The molecule has 0 unspecified atom stereocenters. The zero-order valence-corrected chi connectivity index (χ0v) is 16.9. The third-order valence-electron chi connectivity index (χ3n) is 5.68. The Morgan fingerprint density at radius 2 is 1.79 bits per heavy atom. The molecule has 0 radical (unpaired) electrons. The van der Waals surface area contributed by atoms with Crippen molar-refractivity contribution in [2.45, 2.75) is 32.4 Å². The summed E-state index contributed by atoms with van der Waals surface area (Å²) in [5, 5.41) is 6.06. The topological polar surface area (TPSA) is 73.8 Å². The fraction of sp³-hybridized carbons (Fsp3) is 0.348. The van der Waals surface area contributed by atoms with E-state index in [1.54, 1.807) is 0 Å². The van der Waals surface area contributed by atoms with Crippen molar-refractivity contribution in [3.05, 3.63) is 65.2 Å². The number of carbonyl (C=O) groups excluding carboxylic acids is 2. The van der Waals surface area contributed by atoms with Crippen molar-refractivity contribution < 1.29 is 9.59 Å². The summed E-state index contributed by atoms with van der Waals surface area (Å²) in [5.41, 5.74) is 3.87. The quantitative estimate of drug-likeness (QED) is 0.843. The lowest BCUT2D eigenvalue weighted by Crippen LogP contribution is -2.52. The molecule has 0 aliphatic carbocycles. The van der Waals surface area contributed by atoms with E-state index in [0.29, 0.717) is 38.2 Å². The van der Waals surface area contributed by atoms with Gasteiger partial charge in [0.05, 0.1) is 6.54 Å². The van der Waals surface area contributed by atoms with Crippen molar-refractivity contribution in [2.75, 3.05) is 25.0 Å². The molecule has 2 amide bonds.